The van der Waals surface area contributed by atoms with Crippen molar-refractivity contribution in [3.8, 4) is 0 Å². The van der Waals surface area contributed by atoms with Crippen LogP contribution in [0.3, 0.4) is 0 Å². The number of benzene rings is 1. The number of carbonyl (C=O) groups is 1. The standard InChI is InChI=1S/C15H10BrF3N2O/c16-11-6-7-13(20-9-11)21-14(22)8-12(15(17,18)19)10-4-2-1-3-5-10/h1-9H,(H,20,21,22)/b12-8+. The SMILES string of the molecule is O=C(/C=C(\c1ccccc1)C(F)(F)F)Nc1ccc(Br)cn1. The maximum Gasteiger partial charge on any atom is 0.417 e. The number of nitrogens with one attached hydrogen (secondary N) is 1. The Kier molecular flexibility index (Phi) is 4.97. The van der Waals surface area contributed by atoms with Crippen LogP contribution in [0.15, 0.2) is 59.2 Å². The van der Waals surface area contributed by atoms with Crippen LogP contribution in [0.5, 0.6) is 0 Å². The number of carbonyl (C=O) groups excluding carboxylic acids is 1. The van der Waals surface area contributed by atoms with Crippen LogP contribution in [-0.2, 0) is 4.79 Å². The van der Waals surface area contributed by atoms with Crippen molar-refractivity contribution in [2.24, 2.45) is 0 Å². The van der Waals surface area contributed by atoms with E-state index in [4.69, 9.17) is 0 Å². The second kappa shape index (κ2) is 6.74. The number of anilines is 1. The summed E-state index contributed by atoms with van der Waals surface area (Å²) >= 11 is 3.17. The van der Waals surface area contributed by atoms with E-state index >= 15 is 0 Å². The number of halogens is 4. The molecule has 0 bridgehead atoms. The van der Waals surface area contributed by atoms with Crippen LogP contribution < -0.4 is 5.32 Å². The van der Waals surface area contributed by atoms with Crippen molar-refractivity contribution in [3.63, 3.8) is 0 Å². The summed E-state index contributed by atoms with van der Waals surface area (Å²) in [6, 6.07) is 10.2. The maximum atomic E-state index is 13.1. The van der Waals surface area contributed by atoms with Crippen LogP contribution in [0.4, 0.5) is 19.0 Å². The predicted octanol–water partition coefficient (Wildman–Crippen LogP) is 4.43. The molecule has 1 amide bonds. The zero-order chi connectivity index (χ0) is 16.2. The monoisotopic (exact) mass is 370 g/mol. The van der Waals surface area contributed by atoms with Crippen LogP contribution in [0.25, 0.3) is 5.57 Å². The van der Waals surface area contributed by atoms with Crippen LogP contribution >= 0.6 is 15.9 Å². The number of rotatable bonds is 3. The highest BCUT2D eigenvalue weighted by Gasteiger charge is 2.35. The first kappa shape index (κ1) is 16.2. The minimum Gasteiger partial charge on any atom is -0.307 e. The molecule has 1 heterocycles. The molecule has 0 aliphatic carbocycles. The molecule has 22 heavy (non-hydrogen) atoms. The van der Waals surface area contributed by atoms with Gasteiger partial charge in [0.05, 0.1) is 5.57 Å². The first-order valence-electron chi connectivity index (χ1n) is 6.13. The molecule has 7 heteroatoms. The Bertz CT molecular complexity index is 682. The summed E-state index contributed by atoms with van der Waals surface area (Å²) in [6.45, 7) is 0. The first-order valence-corrected chi connectivity index (χ1v) is 6.92. The minimum atomic E-state index is -4.63. The molecule has 0 spiro atoms. The van der Waals surface area contributed by atoms with Crippen molar-refractivity contribution in [2.75, 3.05) is 5.32 Å². The number of aromatic nitrogens is 1. The van der Waals surface area contributed by atoms with Gasteiger partial charge in [-0.1, -0.05) is 30.3 Å². The minimum absolute atomic E-state index is 0.0751. The Morgan fingerprint density at radius 3 is 2.36 bits per heavy atom. The summed E-state index contributed by atoms with van der Waals surface area (Å²) in [5, 5.41) is 2.29. The normalized spacial score (nSPS) is 12.1. The van der Waals surface area contributed by atoms with Crippen LogP contribution in [-0.4, -0.2) is 17.1 Å². The van der Waals surface area contributed by atoms with Gasteiger partial charge in [-0.05, 0) is 33.6 Å². The van der Waals surface area contributed by atoms with Gasteiger partial charge in [0.1, 0.15) is 5.82 Å². The van der Waals surface area contributed by atoms with E-state index in [1.807, 2.05) is 0 Å². The third-order valence-electron chi connectivity index (χ3n) is 2.64. The molecule has 3 nitrogen and oxygen atoms in total. The molecule has 0 saturated carbocycles. The van der Waals surface area contributed by atoms with Gasteiger partial charge >= 0.3 is 6.18 Å². The van der Waals surface area contributed by atoms with E-state index in [1.165, 1.54) is 36.5 Å². The van der Waals surface area contributed by atoms with Crippen molar-refractivity contribution in [3.05, 3.63) is 64.8 Å². The van der Waals surface area contributed by atoms with Gasteiger partial charge in [0.2, 0.25) is 5.91 Å². The van der Waals surface area contributed by atoms with E-state index in [2.05, 4.69) is 26.2 Å². The zero-order valence-corrected chi connectivity index (χ0v) is 12.6. The molecule has 0 atom stereocenters. The number of pyridine rings is 1. The largest absolute Gasteiger partial charge is 0.417 e. The lowest BCUT2D eigenvalue weighted by Gasteiger charge is -2.12. The molecule has 0 aliphatic heterocycles. The molecule has 1 aromatic carbocycles. The van der Waals surface area contributed by atoms with Gasteiger partial charge in [0.15, 0.2) is 0 Å². The molecule has 0 radical (unpaired) electrons. The van der Waals surface area contributed by atoms with Gasteiger partial charge in [-0.3, -0.25) is 4.79 Å². The number of hydrogen-bond acceptors (Lipinski definition) is 2. The molecule has 0 fully saturated rings. The van der Waals surface area contributed by atoms with E-state index in [9.17, 15) is 18.0 Å². The third-order valence-corrected chi connectivity index (χ3v) is 3.11. The number of nitrogens with zero attached hydrogens (tertiary/aromatic N) is 1. The fraction of sp³-hybridized carbons (Fsp3) is 0.0667. The Morgan fingerprint density at radius 2 is 1.82 bits per heavy atom. The Morgan fingerprint density at radius 1 is 1.14 bits per heavy atom. The summed E-state index contributed by atoms with van der Waals surface area (Å²) in [7, 11) is 0. The fourth-order valence-corrected chi connectivity index (χ4v) is 1.92. The summed E-state index contributed by atoms with van der Waals surface area (Å²) in [6.07, 6.45) is -2.67. The number of hydrogen-bond donors (Lipinski definition) is 1. The van der Waals surface area contributed by atoms with E-state index in [0.717, 1.165) is 0 Å². The molecular formula is C15H10BrF3N2O. The number of allylic oxidation sites excluding steroid dienone is 1. The van der Waals surface area contributed by atoms with Gasteiger partial charge < -0.3 is 5.32 Å². The molecule has 2 rings (SSSR count). The van der Waals surface area contributed by atoms with Gasteiger partial charge in [0.25, 0.3) is 0 Å². The lowest BCUT2D eigenvalue weighted by atomic mass is 10.1. The molecule has 0 unspecified atom stereocenters. The second-order valence-electron chi connectivity index (χ2n) is 4.27. The Labute approximate surface area is 133 Å². The van der Waals surface area contributed by atoms with Crippen molar-refractivity contribution in [1.29, 1.82) is 0 Å². The molecule has 114 valence electrons. The van der Waals surface area contributed by atoms with Gasteiger partial charge in [-0.2, -0.15) is 13.2 Å². The topological polar surface area (TPSA) is 42.0 Å². The van der Waals surface area contributed by atoms with E-state index in [-0.39, 0.29) is 11.4 Å². The van der Waals surface area contributed by atoms with Crippen LogP contribution in [0.2, 0.25) is 0 Å². The molecule has 1 aromatic heterocycles. The van der Waals surface area contributed by atoms with Crippen molar-refractivity contribution in [2.45, 2.75) is 6.18 Å². The highest BCUT2D eigenvalue weighted by molar-refractivity contribution is 9.10. The predicted molar refractivity (Wildman–Crippen MR) is 81.0 cm³/mol. The van der Waals surface area contributed by atoms with Gasteiger partial charge in [0, 0.05) is 16.7 Å². The van der Waals surface area contributed by atoms with Gasteiger partial charge in [-0.15, -0.1) is 0 Å². The highest BCUT2D eigenvalue weighted by Crippen LogP contribution is 2.33. The lowest BCUT2D eigenvalue weighted by Crippen LogP contribution is -2.16. The fourth-order valence-electron chi connectivity index (χ4n) is 1.69. The quantitative estimate of drug-likeness (QED) is 0.812. The smallest absolute Gasteiger partial charge is 0.307 e. The van der Waals surface area contributed by atoms with E-state index in [0.29, 0.717) is 10.5 Å². The molecular weight excluding hydrogens is 361 g/mol. The lowest BCUT2D eigenvalue weighted by molar-refractivity contribution is -0.112. The summed E-state index contributed by atoms with van der Waals surface area (Å²) in [4.78, 5) is 15.7. The summed E-state index contributed by atoms with van der Waals surface area (Å²) in [5.74, 6) is -0.731. The Balaban J connectivity index is 2.26. The van der Waals surface area contributed by atoms with Crippen molar-refractivity contribution < 1.29 is 18.0 Å². The average molecular weight is 371 g/mol. The average Bonchev–Trinajstić information content (AvgIpc) is 2.47. The van der Waals surface area contributed by atoms with E-state index in [1.54, 1.807) is 12.1 Å². The molecule has 1 N–H and O–H groups in total. The highest BCUT2D eigenvalue weighted by atomic mass is 79.9. The van der Waals surface area contributed by atoms with Crippen molar-refractivity contribution >= 4 is 33.2 Å². The van der Waals surface area contributed by atoms with Gasteiger partial charge in [-0.25, -0.2) is 4.98 Å². The third kappa shape index (κ3) is 4.42. The number of alkyl halides is 3. The van der Waals surface area contributed by atoms with Crippen LogP contribution in [0.1, 0.15) is 5.56 Å². The summed E-state index contributed by atoms with van der Waals surface area (Å²) < 4.78 is 40.0. The van der Waals surface area contributed by atoms with Crippen LogP contribution in [0, 0.1) is 0 Å². The molecule has 0 saturated heterocycles. The Hall–Kier alpha value is -2.15. The van der Waals surface area contributed by atoms with E-state index < -0.39 is 17.7 Å². The first-order chi connectivity index (χ1) is 10.4. The van der Waals surface area contributed by atoms with Crippen molar-refractivity contribution in [1.82, 2.24) is 4.98 Å². The maximum absolute atomic E-state index is 13.1. The summed E-state index contributed by atoms with van der Waals surface area (Å²) in [5.41, 5.74) is -1.09. The molecule has 2 aromatic rings. The number of amides is 1. The second-order valence-corrected chi connectivity index (χ2v) is 5.19. The molecule has 0 aliphatic rings. The zero-order valence-electron chi connectivity index (χ0n) is 11.1.